The Bertz CT molecular complexity index is 1060. The van der Waals surface area contributed by atoms with Gasteiger partial charge in [0.1, 0.15) is 0 Å². The summed E-state index contributed by atoms with van der Waals surface area (Å²) in [6.45, 7) is 0. The molecule has 24 heavy (non-hydrogen) atoms. The van der Waals surface area contributed by atoms with Crippen molar-refractivity contribution in [2.45, 2.75) is 0 Å². The normalized spacial score (nSPS) is 10.7. The monoisotopic (exact) mass is 309 g/mol. The first kappa shape index (κ1) is 14.3. The summed E-state index contributed by atoms with van der Waals surface area (Å²) >= 11 is 0. The lowest BCUT2D eigenvalue weighted by Gasteiger charge is -2.00. The first-order valence-corrected chi connectivity index (χ1v) is 7.88. The van der Waals surface area contributed by atoms with Gasteiger partial charge >= 0.3 is 0 Å². The van der Waals surface area contributed by atoms with Crippen LogP contribution < -0.4 is 5.43 Å². The topological polar surface area (TPSA) is 30.0 Å². The van der Waals surface area contributed by atoms with E-state index in [2.05, 4.69) is 0 Å². The van der Waals surface area contributed by atoms with E-state index in [1.807, 2.05) is 91.0 Å². The van der Waals surface area contributed by atoms with Gasteiger partial charge in [-0.25, -0.2) is 4.98 Å². The Morgan fingerprint density at radius 3 is 1.92 bits per heavy atom. The highest BCUT2D eigenvalue weighted by atomic mass is 16.1. The molecule has 1 aromatic heterocycles. The molecule has 0 amide bonds. The number of hydrogen-bond acceptors (Lipinski definition) is 2. The molecular weight excluding hydrogens is 294 g/mol. The quantitative estimate of drug-likeness (QED) is 0.525. The van der Waals surface area contributed by atoms with Gasteiger partial charge in [0.2, 0.25) is 0 Å². The van der Waals surface area contributed by atoms with E-state index in [0.29, 0.717) is 16.5 Å². The Labute approximate surface area is 140 Å². The van der Waals surface area contributed by atoms with Gasteiger partial charge in [0.25, 0.3) is 0 Å². The average molecular weight is 309 g/mol. The van der Waals surface area contributed by atoms with Crippen LogP contribution in [0.4, 0.5) is 0 Å². The first-order valence-electron chi connectivity index (χ1n) is 7.88. The van der Waals surface area contributed by atoms with Crippen LogP contribution in [-0.2, 0) is 0 Å². The van der Waals surface area contributed by atoms with Crippen molar-refractivity contribution in [3.05, 3.63) is 101 Å². The van der Waals surface area contributed by atoms with E-state index in [1.165, 1.54) is 0 Å². The summed E-state index contributed by atoms with van der Waals surface area (Å²) in [6.07, 6.45) is 0. The summed E-state index contributed by atoms with van der Waals surface area (Å²) in [5, 5.41) is 0.638. The summed E-state index contributed by atoms with van der Waals surface area (Å²) in [6, 6.07) is 29.1. The van der Waals surface area contributed by atoms with Gasteiger partial charge in [-0.2, -0.15) is 0 Å². The molecule has 0 aliphatic carbocycles. The molecule has 0 aliphatic heterocycles. The van der Waals surface area contributed by atoms with Crippen molar-refractivity contribution in [1.82, 2.24) is 4.98 Å². The fraction of sp³-hybridized carbons (Fsp3) is 0. The molecule has 0 aliphatic rings. The molecule has 0 saturated carbocycles. The Kier molecular flexibility index (Phi) is 3.64. The summed E-state index contributed by atoms with van der Waals surface area (Å²) < 4.78 is 0. The van der Waals surface area contributed by atoms with Gasteiger partial charge in [-0.15, -0.1) is 0 Å². The van der Waals surface area contributed by atoms with Gasteiger partial charge in [0.15, 0.2) is 5.43 Å². The highest BCUT2D eigenvalue weighted by Crippen LogP contribution is 2.23. The van der Waals surface area contributed by atoms with Crippen LogP contribution in [0.1, 0.15) is 0 Å². The van der Waals surface area contributed by atoms with Gasteiger partial charge in [0, 0.05) is 16.5 Å². The third-order valence-corrected chi connectivity index (χ3v) is 4.07. The minimum Gasteiger partial charge on any atom is -0.289 e. The maximum absolute atomic E-state index is 13.1. The third kappa shape index (κ3) is 2.59. The van der Waals surface area contributed by atoms with Crippen LogP contribution in [-0.4, -0.2) is 4.98 Å². The second-order valence-corrected chi connectivity index (χ2v) is 5.63. The van der Waals surface area contributed by atoms with E-state index >= 15 is 0 Å². The molecule has 0 radical (unpaired) electrons. The van der Waals surface area contributed by atoms with Crippen LogP contribution in [0.15, 0.2) is 95.8 Å². The van der Waals surface area contributed by atoms with Crippen molar-refractivity contribution in [1.29, 1.82) is 0 Å². The molecule has 2 heteroatoms. The van der Waals surface area contributed by atoms with Crippen molar-refractivity contribution in [3.8, 4) is 22.4 Å². The van der Waals surface area contributed by atoms with Crippen molar-refractivity contribution < 1.29 is 0 Å². The molecule has 4 rings (SSSR count). The molecular formula is C22H15NO. The first-order chi connectivity index (χ1) is 11.8. The SMILES string of the molecule is O=c1c(-c2ccccc2)cc(-c2ccccc2)nc2ccccc12. The molecule has 0 fully saturated rings. The number of aromatic nitrogens is 1. The molecule has 0 bridgehead atoms. The highest BCUT2D eigenvalue weighted by molar-refractivity contribution is 5.85. The third-order valence-electron chi connectivity index (χ3n) is 4.07. The number of fused-ring (bicyclic) bond motifs is 1. The largest absolute Gasteiger partial charge is 0.289 e. The van der Waals surface area contributed by atoms with Gasteiger partial charge in [-0.05, 0) is 23.8 Å². The zero-order valence-electron chi connectivity index (χ0n) is 13.0. The van der Waals surface area contributed by atoms with Crippen LogP contribution >= 0.6 is 0 Å². The van der Waals surface area contributed by atoms with Gasteiger partial charge < -0.3 is 0 Å². The maximum atomic E-state index is 13.1. The molecule has 114 valence electrons. The lowest BCUT2D eigenvalue weighted by Crippen LogP contribution is -2.01. The Hall–Kier alpha value is -3.26. The summed E-state index contributed by atoms with van der Waals surface area (Å²) in [7, 11) is 0. The fourth-order valence-electron chi connectivity index (χ4n) is 2.86. The second kappa shape index (κ2) is 6.09. The zero-order chi connectivity index (χ0) is 16.4. The van der Waals surface area contributed by atoms with Crippen LogP contribution in [0.25, 0.3) is 33.3 Å². The van der Waals surface area contributed by atoms with E-state index in [9.17, 15) is 4.79 Å². The van der Waals surface area contributed by atoms with E-state index in [4.69, 9.17) is 4.98 Å². The van der Waals surface area contributed by atoms with E-state index in [0.717, 1.165) is 16.8 Å². The number of nitrogens with zero attached hydrogens (tertiary/aromatic N) is 1. The average Bonchev–Trinajstić information content (AvgIpc) is 2.80. The maximum Gasteiger partial charge on any atom is 0.195 e. The lowest BCUT2D eigenvalue weighted by molar-refractivity contribution is 1.42. The number of para-hydroxylation sites is 1. The Balaban J connectivity index is 2.12. The van der Waals surface area contributed by atoms with Crippen LogP contribution in [0.5, 0.6) is 0 Å². The number of hydrogen-bond donors (Lipinski definition) is 0. The van der Waals surface area contributed by atoms with E-state index < -0.39 is 0 Å². The summed E-state index contributed by atoms with van der Waals surface area (Å²) in [5.74, 6) is 0. The molecule has 2 nitrogen and oxygen atoms in total. The molecule has 4 aromatic rings. The molecule has 0 spiro atoms. The smallest absolute Gasteiger partial charge is 0.195 e. The van der Waals surface area contributed by atoms with Crippen LogP contribution in [0.2, 0.25) is 0 Å². The zero-order valence-corrected chi connectivity index (χ0v) is 13.0. The molecule has 0 saturated heterocycles. The molecule has 0 unspecified atom stereocenters. The summed E-state index contributed by atoms with van der Waals surface area (Å²) in [5.41, 5.74) is 4.09. The highest BCUT2D eigenvalue weighted by Gasteiger charge is 2.09. The molecule has 0 N–H and O–H groups in total. The fourth-order valence-corrected chi connectivity index (χ4v) is 2.86. The predicted molar refractivity (Wildman–Crippen MR) is 98.9 cm³/mol. The van der Waals surface area contributed by atoms with Crippen molar-refractivity contribution in [2.24, 2.45) is 0 Å². The van der Waals surface area contributed by atoms with Crippen LogP contribution in [0.3, 0.4) is 0 Å². The lowest BCUT2D eigenvalue weighted by atomic mass is 10.0. The molecule has 1 heterocycles. The van der Waals surface area contributed by atoms with E-state index in [1.54, 1.807) is 0 Å². The summed E-state index contributed by atoms with van der Waals surface area (Å²) in [4.78, 5) is 17.8. The van der Waals surface area contributed by atoms with Crippen molar-refractivity contribution in [2.75, 3.05) is 0 Å². The molecule has 3 aromatic carbocycles. The molecule has 0 atom stereocenters. The predicted octanol–water partition coefficient (Wildman–Crippen LogP) is 4.93. The van der Waals surface area contributed by atoms with Gasteiger partial charge in [-0.1, -0.05) is 72.8 Å². The second-order valence-electron chi connectivity index (χ2n) is 5.63. The Morgan fingerprint density at radius 1 is 0.625 bits per heavy atom. The number of rotatable bonds is 2. The van der Waals surface area contributed by atoms with Crippen molar-refractivity contribution in [3.63, 3.8) is 0 Å². The van der Waals surface area contributed by atoms with Gasteiger partial charge in [0.05, 0.1) is 11.2 Å². The number of benzene rings is 3. The minimum atomic E-state index is 0.00600. The van der Waals surface area contributed by atoms with Crippen molar-refractivity contribution >= 4 is 10.9 Å². The van der Waals surface area contributed by atoms with E-state index in [-0.39, 0.29) is 5.43 Å². The van der Waals surface area contributed by atoms with Gasteiger partial charge in [-0.3, -0.25) is 4.79 Å². The minimum absolute atomic E-state index is 0.00600. The Morgan fingerprint density at radius 2 is 1.21 bits per heavy atom. The standard InChI is InChI=1S/C22H15NO/c24-22-18-13-7-8-14-20(18)23-21(17-11-5-2-6-12-17)15-19(22)16-9-3-1-4-10-16/h1-15H. The van der Waals surface area contributed by atoms with Crippen LogP contribution in [0, 0.1) is 0 Å².